The largest absolute Gasteiger partial charge is 0.435 e. The monoisotopic (exact) mass is 501 g/mol. The lowest BCUT2D eigenvalue weighted by atomic mass is 9.84. The maximum Gasteiger partial charge on any atom is 0.387 e. The SMILES string of the molecule is CC(C)n1nc(-c2cc(OC(F)F)ccc2F)c2c1CC(C(=O)NC1(C)CCS(O)(O)C1)CC2. The van der Waals surface area contributed by atoms with Gasteiger partial charge in [-0.3, -0.25) is 18.6 Å². The van der Waals surface area contributed by atoms with Crippen molar-refractivity contribution in [3.05, 3.63) is 35.3 Å². The molecule has 3 N–H and O–H groups in total. The molecule has 2 aliphatic rings. The minimum absolute atomic E-state index is 0.0618. The maximum absolute atomic E-state index is 14.7. The van der Waals surface area contributed by atoms with Gasteiger partial charge < -0.3 is 10.1 Å². The molecular formula is C23H30F3N3O4S. The second-order valence-electron chi connectivity index (χ2n) is 9.72. The number of carbonyl (C=O) groups is 1. The number of benzene rings is 1. The molecule has 2 unspecified atom stereocenters. The number of carbonyl (C=O) groups excluding carboxylic acids is 1. The number of amides is 1. The molecule has 7 nitrogen and oxygen atoms in total. The second-order valence-corrected chi connectivity index (χ2v) is 12.0. The molecule has 34 heavy (non-hydrogen) atoms. The van der Waals surface area contributed by atoms with Gasteiger partial charge in [-0.05, 0) is 58.2 Å². The number of aromatic nitrogens is 2. The van der Waals surface area contributed by atoms with Crippen LogP contribution in [0, 0.1) is 11.7 Å². The van der Waals surface area contributed by atoms with Crippen molar-refractivity contribution >= 4 is 16.5 Å². The van der Waals surface area contributed by atoms with Gasteiger partial charge in [0.05, 0.1) is 17.0 Å². The molecule has 1 aromatic heterocycles. The van der Waals surface area contributed by atoms with E-state index < -0.39 is 28.6 Å². The molecule has 1 amide bonds. The minimum atomic E-state index is -3.02. The molecular weight excluding hydrogens is 471 g/mol. The molecule has 0 saturated carbocycles. The van der Waals surface area contributed by atoms with Crippen molar-refractivity contribution in [3.63, 3.8) is 0 Å². The highest BCUT2D eigenvalue weighted by atomic mass is 32.3. The molecule has 1 aliphatic heterocycles. The molecule has 1 aliphatic carbocycles. The quantitative estimate of drug-likeness (QED) is 0.517. The number of halogens is 3. The van der Waals surface area contributed by atoms with Crippen molar-refractivity contribution in [1.82, 2.24) is 15.1 Å². The molecule has 1 fully saturated rings. The van der Waals surface area contributed by atoms with Gasteiger partial charge in [-0.15, -0.1) is 0 Å². The molecule has 0 spiro atoms. The first-order valence-corrected chi connectivity index (χ1v) is 13.2. The molecule has 0 bridgehead atoms. The van der Waals surface area contributed by atoms with E-state index in [0.717, 1.165) is 23.4 Å². The van der Waals surface area contributed by atoms with E-state index in [1.807, 2.05) is 20.8 Å². The molecule has 4 rings (SSSR count). The number of nitrogens with zero attached hydrogens (tertiary/aromatic N) is 2. The fourth-order valence-corrected chi connectivity index (χ4v) is 7.07. The van der Waals surface area contributed by atoms with E-state index in [9.17, 15) is 27.1 Å². The Morgan fingerprint density at radius 3 is 2.71 bits per heavy atom. The van der Waals surface area contributed by atoms with Gasteiger partial charge in [0, 0.05) is 41.0 Å². The van der Waals surface area contributed by atoms with E-state index in [4.69, 9.17) is 0 Å². The summed E-state index contributed by atoms with van der Waals surface area (Å²) < 4.78 is 66.2. The number of hydrogen-bond acceptors (Lipinski definition) is 5. The predicted octanol–water partition coefficient (Wildman–Crippen LogP) is 5.01. The van der Waals surface area contributed by atoms with Crippen LogP contribution in [0.5, 0.6) is 5.75 Å². The Hall–Kier alpha value is -2.24. The Kier molecular flexibility index (Phi) is 6.65. The summed E-state index contributed by atoms with van der Waals surface area (Å²) in [5.41, 5.74) is 1.41. The van der Waals surface area contributed by atoms with Crippen molar-refractivity contribution in [1.29, 1.82) is 0 Å². The summed E-state index contributed by atoms with van der Waals surface area (Å²) in [7, 11) is -2.66. The van der Waals surface area contributed by atoms with Crippen LogP contribution < -0.4 is 10.1 Å². The smallest absolute Gasteiger partial charge is 0.387 e. The van der Waals surface area contributed by atoms with Gasteiger partial charge in [0.1, 0.15) is 11.6 Å². The normalized spacial score (nSPS) is 24.8. The van der Waals surface area contributed by atoms with Crippen LogP contribution in [0.3, 0.4) is 0 Å². The van der Waals surface area contributed by atoms with Crippen LogP contribution in [-0.4, -0.2) is 48.4 Å². The first-order valence-electron chi connectivity index (χ1n) is 11.3. The molecule has 188 valence electrons. The summed E-state index contributed by atoms with van der Waals surface area (Å²) in [6.07, 6.45) is 1.88. The Balaban J connectivity index is 1.61. The van der Waals surface area contributed by atoms with Crippen molar-refractivity contribution in [2.24, 2.45) is 5.92 Å². The highest BCUT2D eigenvalue weighted by Gasteiger charge is 2.41. The van der Waals surface area contributed by atoms with Crippen LogP contribution >= 0.6 is 10.6 Å². The lowest BCUT2D eigenvalue weighted by Crippen LogP contribution is -2.49. The highest BCUT2D eigenvalue weighted by Crippen LogP contribution is 2.50. The molecule has 2 atom stereocenters. The standard InChI is InChI=1S/C23H30F3N3O4S/c1-13(2)29-19-10-14(21(30)27-23(3)8-9-34(31,32)12-23)4-6-16(19)20(28-29)17-11-15(33-22(25)26)5-7-18(17)24/h5,7,11,13-14,22,31-32H,4,6,8-10,12H2,1-3H3,(H,27,30). The zero-order valence-corrected chi connectivity index (χ0v) is 20.2. The summed E-state index contributed by atoms with van der Waals surface area (Å²) in [6.45, 7) is 2.66. The summed E-state index contributed by atoms with van der Waals surface area (Å²) in [5.74, 6) is -0.807. The van der Waals surface area contributed by atoms with Crippen LogP contribution in [0.1, 0.15) is 50.9 Å². The Labute approximate surface area is 198 Å². The zero-order valence-electron chi connectivity index (χ0n) is 19.4. The van der Waals surface area contributed by atoms with Gasteiger partial charge in [-0.2, -0.15) is 24.5 Å². The van der Waals surface area contributed by atoms with Crippen molar-refractivity contribution in [3.8, 4) is 17.0 Å². The van der Waals surface area contributed by atoms with E-state index >= 15 is 0 Å². The summed E-state index contributed by atoms with van der Waals surface area (Å²) in [5, 5.41) is 7.63. The molecule has 11 heteroatoms. The third kappa shape index (κ3) is 5.06. The molecule has 1 saturated heterocycles. The second kappa shape index (κ2) is 9.09. The maximum atomic E-state index is 14.7. The minimum Gasteiger partial charge on any atom is -0.435 e. The average Bonchev–Trinajstić information content (AvgIpc) is 3.25. The van der Waals surface area contributed by atoms with E-state index in [-0.39, 0.29) is 40.7 Å². The number of nitrogens with one attached hydrogen (secondary N) is 1. The topological polar surface area (TPSA) is 96.6 Å². The van der Waals surface area contributed by atoms with Gasteiger partial charge >= 0.3 is 6.61 Å². The number of fused-ring (bicyclic) bond motifs is 1. The number of ether oxygens (including phenoxy) is 1. The molecule has 1 aromatic carbocycles. The van der Waals surface area contributed by atoms with Gasteiger partial charge in [0.2, 0.25) is 5.91 Å². The van der Waals surface area contributed by atoms with Gasteiger partial charge in [-0.1, -0.05) is 0 Å². The van der Waals surface area contributed by atoms with Gasteiger partial charge in [0.15, 0.2) is 0 Å². The van der Waals surface area contributed by atoms with Crippen LogP contribution in [0.25, 0.3) is 11.3 Å². The molecule has 0 radical (unpaired) electrons. The summed E-state index contributed by atoms with van der Waals surface area (Å²) in [4.78, 5) is 13.1. The van der Waals surface area contributed by atoms with E-state index in [0.29, 0.717) is 31.4 Å². The Morgan fingerprint density at radius 2 is 2.09 bits per heavy atom. The fourth-order valence-electron chi connectivity index (χ4n) is 4.91. The number of rotatable bonds is 6. The first kappa shape index (κ1) is 24.9. The van der Waals surface area contributed by atoms with Crippen molar-refractivity contribution < 1.29 is 31.8 Å². The third-order valence-electron chi connectivity index (χ3n) is 6.53. The lowest BCUT2D eigenvalue weighted by Gasteiger charge is -2.32. The zero-order chi connectivity index (χ0) is 24.8. The van der Waals surface area contributed by atoms with Crippen LogP contribution in [0.4, 0.5) is 13.2 Å². The Morgan fingerprint density at radius 1 is 1.35 bits per heavy atom. The first-order chi connectivity index (χ1) is 15.9. The molecule has 2 heterocycles. The summed E-state index contributed by atoms with van der Waals surface area (Å²) >= 11 is 0. The lowest BCUT2D eigenvalue weighted by molar-refractivity contribution is -0.127. The van der Waals surface area contributed by atoms with Crippen LogP contribution in [0.2, 0.25) is 0 Å². The van der Waals surface area contributed by atoms with E-state index in [2.05, 4.69) is 15.2 Å². The van der Waals surface area contributed by atoms with Gasteiger partial charge in [-0.25, -0.2) is 4.39 Å². The van der Waals surface area contributed by atoms with Crippen LogP contribution in [0.15, 0.2) is 18.2 Å². The van der Waals surface area contributed by atoms with Crippen molar-refractivity contribution in [2.75, 3.05) is 11.5 Å². The third-order valence-corrected chi connectivity index (χ3v) is 8.49. The van der Waals surface area contributed by atoms with E-state index in [1.165, 1.54) is 6.07 Å². The predicted molar refractivity (Wildman–Crippen MR) is 124 cm³/mol. The average molecular weight is 502 g/mol. The Bertz CT molecular complexity index is 1090. The van der Waals surface area contributed by atoms with Crippen LogP contribution in [-0.2, 0) is 17.6 Å². The molecule has 2 aromatic rings. The van der Waals surface area contributed by atoms with Crippen molar-refractivity contribution in [2.45, 2.75) is 64.6 Å². The van der Waals surface area contributed by atoms with E-state index in [1.54, 1.807) is 4.68 Å². The summed E-state index contributed by atoms with van der Waals surface area (Å²) in [6, 6.07) is 3.40. The van der Waals surface area contributed by atoms with Gasteiger partial charge in [0.25, 0.3) is 0 Å². The fraction of sp³-hybridized carbons (Fsp3) is 0.565. The number of alkyl halides is 2. The number of hydrogen-bond donors (Lipinski definition) is 3. The highest BCUT2D eigenvalue weighted by molar-refractivity contribution is 8.24.